The molecular weight excluding hydrogens is 382 g/mol. The van der Waals surface area contributed by atoms with Gasteiger partial charge in [0.15, 0.2) is 11.5 Å². The zero-order valence-electron chi connectivity index (χ0n) is 16.6. The highest BCUT2D eigenvalue weighted by atomic mass is 16.5. The fourth-order valence-electron chi connectivity index (χ4n) is 4.30. The Morgan fingerprint density at radius 3 is 2.80 bits per heavy atom. The van der Waals surface area contributed by atoms with Crippen molar-refractivity contribution in [3.8, 4) is 11.5 Å². The molecular formula is C23H23N3O4. The first-order chi connectivity index (χ1) is 14.7. The lowest BCUT2D eigenvalue weighted by atomic mass is 10.0. The molecule has 7 nitrogen and oxygen atoms in total. The molecule has 3 aromatic rings. The molecule has 1 saturated heterocycles. The van der Waals surface area contributed by atoms with Gasteiger partial charge in [-0.25, -0.2) is 0 Å². The average molecular weight is 405 g/mol. The summed E-state index contributed by atoms with van der Waals surface area (Å²) in [7, 11) is 0. The molecule has 0 radical (unpaired) electrons. The van der Waals surface area contributed by atoms with Crippen molar-refractivity contribution in [2.75, 3.05) is 19.8 Å². The molecule has 1 fully saturated rings. The van der Waals surface area contributed by atoms with E-state index in [1.54, 1.807) is 10.7 Å². The number of hydrogen-bond donors (Lipinski definition) is 0. The predicted octanol–water partition coefficient (Wildman–Crippen LogP) is 2.92. The van der Waals surface area contributed by atoms with E-state index >= 15 is 0 Å². The summed E-state index contributed by atoms with van der Waals surface area (Å²) in [4.78, 5) is 27.2. The average Bonchev–Trinajstić information content (AvgIpc) is 3.15. The fraction of sp³-hybridized carbons (Fsp3) is 0.348. The van der Waals surface area contributed by atoms with Crippen LogP contribution in [0.2, 0.25) is 0 Å². The van der Waals surface area contributed by atoms with Crippen LogP contribution in [-0.4, -0.2) is 40.3 Å². The van der Waals surface area contributed by atoms with Gasteiger partial charge in [0.05, 0.1) is 31.0 Å². The molecule has 0 N–H and O–H groups in total. The molecule has 154 valence electrons. The molecule has 1 unspecified atom stereocenters. The molecule has 0 aliphatic carbocycles. The molecule has 1 amide bonds. The Bertz CT molecular complexity index is 1160. The first-order valence-electron chi connectivity index (χ1n) is 10.3. The lowest BCUT2D eigenvalue weighted by Gasteiger charge is -2.26. The highest BCUT2D eigenvalue weighted by Crippen LogP contribution is 2.38. The lowest BCUT2D eigenvalue weighted by Crippen LogP contribution is -2.34. The van der Waals surface area contributed by atoms with Gasteiger partial charge >= 0.3 is 0 Å². The number of likely N-dealkylation sites (tertiary alicyclic amines) is 1. The molecule has 0 bridgehead atoms. The number of nitrogens with zero attached hydrogens (tertiary/aromatic N) is 3. The minimum Gasteiger partial charge on any atom is -0.490 e. The third kappa shape index (κ3) is 3.40. The van der Waals surface area contributed by atoms with E-state index in [0.29, 0.717) is 30.7 Å². The maximum absolute atomic E-state index is 13.2. The van der Waals surface area contributed by atoms with Crippen molar-refractivity contribution < 1.29 is 14.3 Å². The summed E-state index contributed by atoms with van der Waals surface area (Å²) in [5, 5.41) is 4.77. The number of ether oxygens (including phenoxy) is 2. The fourth-order valence-corrected chi connectivity index (χ4v) is 4.30. The summed E-state index contributed by atoms with van der Waals surface area (Å²) in [6.07, 6.45) is 3.99. The minimum atomic E-state index is -0.138. The molecule has 7 heteroatoms. The number of para-hydroxylation sites is 1. The Morgan fingerprint density at radius 2 is 1.90 bits per heavy atom. The Balaban J connectivity index is 1.41. The summed E-state index contributed by atoms with van der Waals surface area (Å²) >= 11 is 0. The van der Waals surface area contributed by atoms with E-state index in [1.165, 1.54) is 6.20 Å². The first-order valence-corrected chi connectivity index (χ1v) is 10.3. The van der Waals surface area contributed by atoms with Crippen LogP contribution in [0.1, 0.15) is 30.9 Å². The third-order valence-corrected chi connectivity index (χ3v) is 5.78. The normalized spacial score (nSPS) is 18.4. The second kappa shape index (κ2) is 7.82. The summed E-state index contributed by atoms with van der Waals surface area (Å²) < 4.78 is 13.2. The molecule has 2 aliphatic rings. The smallest absolute Gasteiger partial charge is 0.244 e. The van der Waals surface area contributed by atoms with Gasteiger partial charge in [-0.2, -0.15) is 5.10 Å². The Hall–Kier alpha value is -3.35. The SMILES string of the molecule is O=C(Cn1ncc(=O)c2ccccc21)N1CCCC1c1ccc2c(c1)OCCCO2. The first kappa shape index (κ1) is 18.7. The summed E-state index contributed by atoms with van der Waals surface area (Å²) in [5.41, 5.74) is 1.59. The Labute approximate surface area is 173 Å². The van der Waals surface area contributed by atoms with Crippen molar-refractivity contribution in [2.24, 2.45) is 0 Å². The largest absolute Gasteiger partial charge is 0.490 e. The Kier molecular flexibility index (Phi) is 4.86. The monoisotopic (exact) mass is 405 g/mol. The van der Waals surface area contributed by atoms with Crippen molar-refractivity contribution in [3.63, 3.8) is 0 Å². The standard InChI is InChI=1S/C23H23N3O4/c27-20-14-24-26(19-6-2-1-5-17(19)20)15-23(28)25-10-3-7-18(25)16-8-9-21-22(13-16)30-12-4-11-29-21/h1-2,5-6,8-9,13-14,18H,3-4,7,10-12,15H2. The van der Waals surface area contributed by atoms with E-state index in [4.69, 9.17) is 9.47 Å². The van der Waals surface area contributed by atoms with Crippen LogP contribution in [-0.2, 0) is 11.3 Å². The van der Waals surface area contributed by atoms with Crippen molar-refractivity contribution in [3.05, 3.63) is 64.4 Å². The van der Waals surface area contributed by atoms with Gasteiger partial charge in [0, 0.05) is 18.4 Å². The number of carbonyl (C=O) groups is 1. The van der Waals surface area contributed by atoms with Crippen LogP contribution >= 0.6 is 0 Å². The molecule has 1 atom stereocenters. The van der Waals surface area contributed by atoms with E-state index in [0.717, 1.165) is 36.3 Å². The molecule has 0 spiro atoms. The maximum Gasteiger partial charge on any atom is 0.244 e. The summed E-state index contributed by atoms with van der Waals surface area (Å²) in [5.74, 6) is 1.50. The van der Waals surface area contributed by atoms with E-state index < -0.39 is 0 Å². The molecule has 5 rings (SSSR count). The van der Waals surface area contributed by atoms with Crippen LogP contribution in [0.15, 0.2) is 53.5 Å². The van der Waals surface area contributed by atoms with Crippen molar-refractivity contribution >= 4 is 16.8 Å². The molecule has 2 aliphatic heterocycles. The number of benzene rings is 2. The number of rotatable bonds is 3. The number of fused-ring (bicyclic) bond motifs is 2. The van der Waals surface area contributed by atoms with Crippen LogP contribution in [0, 0.1) is 0 Å². The van der Waals surface area contributed by atoms with Crippen LogP contribution in [0.4, 0.5) is 0 Å². The topological polar surface area (TPSA) is 73.7 Å². The summed E-state index contributed by atoms with van der Waals surface area (Å²) in [6.45, 7) is 2.09. The van der Waals surface area contributed by atoms with Crippen molar-refractivity contribution in [1.82, 2.24) is 14.7 Å². The second-order valence-electron chi connectivity index (χ2n) is 7.69. The van der Waals surface area contributed by atoms with Gasteiger partial charge in [-0.15, -0.1) is 0 Å². The van der Waals surface area contributed by atoms with Gasteiger partial charge in [-0.1, -0.05) is 18.2 Å². The van der Waals surface area contributed by atoms with E-state index in [9.17, 15) is 9.59 Å². The van der Waals surface area contributed by atoms with Gasteiger partial charge in [-0.3, -0.25) is 14.3 Å². The highest BCUT2D eigenvalue weighted by molar-refractivity contribution is 5.82. The lowest BCUT2D eigenvalue weighted by molar-refractivity contribution is -0.132. The van der Waals surface area contributed by atoms with Crippen LogP contribution in [0.25, 0.3) is 10.9 Å². The molecule has 2 aromatic carbocycles. The quantitative estimate of drug-likeness (QED) is 0.670. The van der Waals surface area contributed by atoms with Crippen LogP contribution in [0.5, 0.6) is 11.5 Å². The van der Waals surface area contributed by atoms with Crippen molar-refractivity contribution in [1.29, 1.82) is 0 Å². The Morgan fingerprint density at radius 1 is 1.07 bits per heavy atom. The number of hydrogen-bond acceptors (Lipinski definition) is 5. The van der Waals surface area contributed by atoms with Crippen LogP contribution < -0.4 is 14.9 Å². The molecule has 3 heterocycles. The van der Waals surface area contributed by atoms with E-state index in [-0.39, 0.29) is 23.9 Å². The molecule has 0 saturated carbocycles. The highest BCUT2D eigenvalue weighted by Gasteiger charge is 2.31. The molecule has 30 heavy (non-hydrogen) atoms. The van der Waals surface area contributed by atoms with Gasteiger partial charge < -0.3 is 14.4 Å². The number of carbonyl (C=O) groups excluding carboxylic acids is 1. The number of aromatic nitrogens is 2. The molecule has 1 aromatic heterocycles. The summed E-state index contributed by atoms with van der Waals surface area (Å²) in [6, 6.07) is 13.2. The van der Waals surface area contributed by atoms with Gasteiger partial charge in [0.1, 0.15) is 6.54 Å². The maximum atomic E-state index is 13.2. The van der Waals surface area contributed by atoms with Crippen LogP contribution in [0.3, 0.4) is 0 Å². The number of amides is 1. The second-order valence-corrected chi connectivity index (χ2v) is 7.69. The minimum absolute atomic E-state index is 0.000277. The zero-order chi connectivity index (χ0) is 20.5. The van der Waals surface area contributed by atoms with E-state index in [1.807, 2.05) is 41.3 Å². The van der Waals surface area contributed by atoms with Gasteiger partial charge in [0.2, 0.25) is 11.3 Å². The third-order valence-electron chi connectivity index (χ3n) is 5.78. The van der Waals surface area contributed by atoms with Crippen molar-refractivity contribution in [2.45, 2.75) is 31.8 Å². The van der Waals surface area contributed by atoms with Gasteiger partial charge in [0.25, 0.3) is 0 Å². The van der Waals surface area contributed by atoms with Gasteiger partial charge in [-0.05, 0) is 42.7 Å². The van der Waals surface area contributed by atoms with E-state index in [2.05, 4.69) is 5.10 Å². The zero-order valence-corrected chi connectivity index (χ0v) is 16.6. The predicted molar refractivity (Wildman–Crippen MR) is 112 cm³/mol.